The molecule has 1 atom stereocenters. The molecule has 2 aromatic rings. The second-order valence-electron chi connectivity index (χ2n) is 9.32. The number of hydrogen-bond acceptors (Lipinski definition) is 4. The zero-order valence-corrected chi connectivity index (χ0v) is 19.2. The Morgan fingerprint density at radius 1 is 1.06 bits per heavy atom. The van der Waals surface area contributed by atoms with Crippen LogP contribution in [0.25, 0.3) is 11.1 Å². The number of hydrogen-bond donors (Lipinski definition) is 2. The first-order valence-corrected chi connectivity index (χ1v) is 11.4. The molecule has 0 radical (unpaired) electrons. The van der Waals surface area contributed by atoms with Crippen LogP contribution in [-0.4, -0.2) is 53.7 Å². The van der Waals surface area contributed by atoms with Gasteiger partial charge in [0, 0.05) is 19.0 Å². The van der Waals surface area contributed by atoms with Crippen molar-refractivity contribution in [2.24, 2.45) is 11.3 Å². The number of nitrogens with zero attached hydrogens (tertiary/aromatic N) is 1. The summed E-state index contributed by atoms with van der Waals surface area (Å²) in [4.78, 5) is 38.7. The quantitative estimate of drug-likeness (QED) is 0.668. The lowest BCUT2D eigenvalue weighted by Crippen LogP contribution is -2.65. The Kier molecular flexibility index (Phi) is 6.15. The van der Waals surface area contributed by atoms with E-state index in [9.17, 15) is 19.5 Å². The summed E-state index contributed by atoms with van der Waals surface area (Å²) in [6, 6.07) is 15.4. The Hall–Kier alpha value is -3.35. The lowest BCUT2D eigenvalue weighted by atomic mass is 9.77. The van der Waals surface area contributed by atoms with Crippen molar-refractivity contribution >= 4 is 18.0 Å². The van der Waals surface area contributed by atoms with Crippen LogP contribution in [0.3, 0.4) is 0 Å². The molecule has 1 saturated heterocycles. The lowest BCUT2D eigenvalue weighted by molar-refractivity contribution is -0.167. The van der Waals surface area contributed by atoms with Gasteiger partial charge in [0.25, 0.3) is 0 Å². The summed E-state index contributed by atoms with van der Waals surface area (Å²) in [6.45, 7) is 5.98. The number of ether oxygens (including phenoxy) is 1. The molecule has 0 saturated carbocycles. The van der Waals surface area contributed by atoms with Crippen LogP contribution >= 0.6 is 0 Å². The number of carboxylic acid groups (broad SMARTS) is 1. The third kappa shape index (κ3) is 4.08. The number of carbonyl (C=O) groups is 3. The first-order valence-electron chi connectivity index (χ1n) is 11.4. The Balaban J connectivity index is 1.40. The third-order valence-electron chi connectivity index (χ3n) is 6.98. The molecule has 0 bridgehead atoms. The summed E-state index contributed by atoms with van der Waals surface area (Å²) in [6.07, 6.45) is -0.192. The molecule has 1 aliphatic heterocycles. The molecule has 4 rings (SSSR count). The van der Waals surface area contributed by atoms with Crippen molar-refractivity contribution in [1.29, 1.82) is 0 Å². The van der Waals surface area contributed by atoms with Crippen molar-refractivity contribution in [2.45, 2.75) is 39.2 Å². The summed E-state index contributed by atoms with van der Waals surface area (Å²) < 4.78 is 5.59. The maximum Gasteiger partial charge on any atom is 0.407 e. The largest absolute Gasteiger partial charge is 0.481 e. The van der Waals surface area contributed by atoms with E-state index in [1.165, 1.54) is 4.90 Å². The minimum atomic E-state index is -0.889. The van der Waals surface area contributed by atoms with E-state index in [1.54, 1.807) is 0 Å². The molecule has 1 fully saturated rings. The van der Waals surface area contributed by atoms with Crippen LogP contribution in [0.1, 0.15) is 44.2 Å². The number of fused-ring (bicyclic) bond motifs is 3. The standard InChI is InChI=1S/C26H30N2O5/c1-4-26(24(30)31)14-28(15-26)23(29)22(16(2)3)27-25(32)33-13-21-19-11-7-5-9-17(19)18-10-6-8-12-20(18)21/h5-12,16,21-22H,4,13-15H2,1-3H3,(H,27,32)(H,30,31)/t22-/m0/s1. The van der Waals surface area contributed by atoms with E-state index in [4.69, 9.17) is 4.74 Å². The van der Waals surface area contributed by atoms with Gasteiger partial charge in [-0.1, -0.05) is 69.3 Å². The zero-order valence-electron chi connectivity index (χ0n) is 19.2. The summed E-state index contributed by atoms with van der Waals surface area (Å²) >= 11 is 0. The highest BCUT2D eigenvalue weighted by atomic mass is 16.5. The zero-order chi connectivity index (χ0) is 23.8. The number of alkyl carbamates (subject to hydrolysis) is 1. The highest BCUT2D eigenvalue weighted by Gasteiger charge is 2.51. The molecule has 7 nitrogen and oxygen atoms in total. The van der Waals surface area contributed by atoms with Gasteiger partial charge in [-0.05, 0) is 34.6 Å². The maximum atomic E-state index is 13.0. The summed E-state index contributed by atoms with van der Waals surface area (Å²) in [5.74, 6) is -1.39. The van der Waals surface area contributed by atoms with Gasteiger partial charge in [0.15, 0.2) is 0 Å². The highest BCUT2D eigenvalue weighted by Crippen LogP contribution is 2.44. The van der Waals surface area contributed by atoms with Crippen molar-refractivity contribution in [3.8, 4) is 11.1 Å². The maximum absolute atomic E-state index is 13.0. The average Bonchev–Trinajstić information content (AvgIpc) is 3.09. The Labute approximate surface area is 193 Å². The Morgan fingerprint density at radius 2 is 1.61 bits per heavy atom. The van der Waals surface area contributed by atoms with Crippen molar-refractivity contribution in [3.63, 3.8) is 0 Å². The second-order valence-corrected chi connectivity index (χ2v) is 9.32. The molecule has 2 N–H and O–H groups in total. The lowest BCUT2D eigenvalue weighted by Gasteiger charge is -2.48. The van der Waals surface area contributed by atoms with Crippen LogP contribution in [0.15, 0.2) is 48.5 Å². The molecule has 2 aromatic carbocycles. The number of nitrogens with one attached hydrogen (secondary N) is 1. The van der Waals surface area contributed by atoms with Gasteiger partial charge in [0.05, 0.1) is 0 Å². The van der Waals surface area contributed by atoms with Gasteiger partial charge in [0.1, 0.15) is 18.1 Å². The molecular weight excluding hydrogens is 420 g/mol. The van der Waals surface area contributed by atoms with Gasteiger partial charge in [-0.2, -0.15) is 0 Å². The van der Waals surface area contributed by atoms with E-state index in [1.807, 2.05) is 57.2 Å². The number of amides is 2. The van der Waals surface area contributed by atoms with Gasteiger partial charge in [-0.15, -0.1) is 0 Å². The molecule has 0 aromatic heterocycles. The molecule has 33 heavy (non-hydrogen) atoms. The summed E-state index contributed by atoms with van der Waals surface area (Å²) in [5.41, 5.74) is 3.64. The summed E-state index contributed by atoms with van der Waals surface area (Å²) in [5, 5.41) is 12.2. The number of likely N-dealkylation sites (tertiary alicyclic amines) is 1. The predicted molar refractivity (Wildman–Crippen MR) is 124 cm³/mol. The van der Waals surface area contributed by atoms with Gasteiger partial charge < -0.3 is 20.1 Å². The molecule has 1 heterocycles. The van der Waals surface area contributed by atoms with E-state index < -0.39 is 23.5 Å². The SMILES string of the molecule is CCC1(C(=O)O)CN(C(=O)[C@@H](NC(=O)OCC2c3ccccc3-c3ccccc32)C(C)C)C1. The van der Waals surface area contributed by atoms with Crippen molar-refractivity contribution in [3.05, 3.63) is 59.7 Å². The van der Waals surface area contributed by atoms with Crippen LogP contribution in [0.2, 0.25) is 0 Å². The van der Waals surface area contributed by atoms with Crippen molar-refractivity contribution < 1.29 is 24.2 Å². The van der Waals surface area contributed by atoms with Crippen LogP contribution < -0.4 is 5.32 Å². The van der Waals surface area contributed by atoms with Gasteiger partial charge in [0.2, 0.25) is 5.91 Å². The number of benzene rings is 2. The normalized spacial score (nSPS) is 17.0. The van der Waals surface area contributed by atoms with Gasteiger partial charge >= 0.3 is 12.1 Å². The molecule has 2 amide bonds. The molecular formula is C26H30N2O5. The first kappa shape index (κ1) is 22.8. The molecule has 0 unspecified atom stereocenters. The fourth-order valence-electron chi connectivity index (χ4n) is 4.83. The highest BCUT2D eigenvalue weighted by molar-refractivity contribution is 5.89. The monoisotopic (exact) mass is 450 g/mol. The Bertz CT molecular complexity index is 1030. The van der Waals surface area contributed by atoms with Crippen LogP contribution in [0, 0.1) is 11.3 Å². The second kappa shape index (κ2) is 8.89. The number of carbonyl (C=O) groups excluding carboxylic acids is 2. The van der Waals surface area contributed by atoms with Gasteiger partial charge in [-0.25, -0.2) is 4.79 Å². The first-order chi connectivity index (χ1) is 15.8. The average molecular weight is 451 g/mol. The van der Waals surface area contributed by atoms with Crippen LogP contribution in [0.5, 0.6) is 0 Å². The smallest absolute Gasteiger partial charge is 0.407 e. The van der Waals surface area contributed by atoms with Crippen molar-refractivity contribution in [2.75, 3.05) is 19.7 Å². The fraction of sp³-hybridized carbons (Fsp3) is 0.423. The van der Waals surface area contributed by atoms with Gasteiger partial charge in [-0.3, -0.25) is 9.59 Å². The van der Waals surface area contributed by atoms with E-state index in [0.717, 1.165) is 22.3 Å². The van der Waals surface area contributed by atoms with E-state index in [0.29, 0.717) is 6.42 Å². The minimum absolute atomic E-state index is 0.0625. The number of carboxylic acids is 1. The minimum Gasteiger partial charge on any atom is -0.481 e. The molecule has 174 valence electrons. The van der Waals surface area contributed by atoms with Crippen molar-refractivity contribution in [1.82, 2.24) is 10.2 Å². The predicted octanol–water partition coefficient (Wildman–Crippen LogP) is 3.87. The number of rotatable bonds is 7. The molecule has 1 aliphatic carbocycles. The third-order valence-corrected chi connectivity index (χ3v) is 6.98. The van der Waals surface area contributed by atoms with Crippen LogP contribution in [-0.2, 0) is 14.3 Å². The number of aliphatic carboxylic acids is 1. The topological polar surface area (TPSA) is 95.9 Å². The van der Waals surface area contributed by atoms with E-state index >= 15 is 0 Å². The van der Waals surface area contributed by atoms with E-state index in [-0.39, 0.29) is 37.4 Å². The molecule has 2 aliphatic rings. The molecule has 7 heteroatoms. The molecule has 0 spiro atoms. The van der Waals surface area contributed by atoms with Crippen LogP contribution in [0.4, 0.5) is 4.79 Å². The summed E-state index contributed by atoms with van der Waals surface area (Å²) in [7, 11) is 0. The Morgan fingerprint density at radius 3 is 2.09 bits per heavy atom. The van der Waals surface area contributed by atoms with E-state index in [2.05, 4.69) is 17.4 Å². The fourth-order valence-corrected chi connectivity index (χ4v) is 4.83.